The minimum atomic E-state index is -0.977. The van der Waals surface area contributed by atoms with Crippen molar-refractivity contribution < 1.29 is 24.5 Å². The van der Waals surface area contributed by atoms with Crippen LogP contribution in [-0.4, -0.2) is 47.4 Å². The van der Waals surface area contributed by atoms with Crippen LogP contribution in [0.1, 0.15) is 52.7 Å². The van der Waals surface area contributed by atoms with Gasteiger partial charge in [-0.25, -0.2) is 4.79 Å². The topological polar surface area (TPSA) is 76.0 Å². The number of phenols is 1. The highest BCUT2D eigenvalue weighted by atomic mass is 32.2. The molecule has 2 N–H and O–H groups in total. The average Bonchev–Trinajstić information content (AvgIpc) is 2.91. The molecule has 0 spiro atoms. The van der Waals surface area contributed by atoms with Gasteiger partial charge in [0.2, 0.25) is 0 Å². The van der Waals surface area contributed by atoms with Crippen LogP contribution in [0.4, 0.5) is 0 Å². The molecular formula is C20H30O5S. The van der Waals surface area contributed by atoms with Crippen LogP contribution in [0.5, 0.6) is 5.75 Å². The van der Waals surface area contributed by atoms with Crippen LogP contribution in [0.2, 0.25) is 0 Å². The van der Waals surface area contributed by atoms with Crippen LogP contribution in [0, 0.1) is 0 Å². The normalized spacial score (nSPS) is 21.2. The van der Waals surface area contributed by atoms with Gasteiger partial charge < -0.3 is 19.7 Å². The number of ether oxygens (including phenoxy) is 2. The molecule has 0 aliphatic carbocycles. The summed E-state index contributed by atoms with van der Waals surface area (Å²) in [6.45, 7) is 13.1. The third-order valence-electron chi connectivity index (χ3n) is 4.39. The first kappa shape index (κ1) is 21.1. The first-order valence-electron chi connectivity index (χ1n) is 8.85. The summed E-state index contributed by atoms with van der Waals surface area (Å²) in [5.41, 5.74) is 1.45. The Kier molecular flexibility index (Phi) is 6.31. The number of rotatable bonds is 5. The van der Waals surface area contributed by atoms with Crippen LogP contribution in [0.25, 0.3) is 0 Å². The van der Waals surface area contributed by atoms with Crippen molar-refractivity contribution in [3.05, 3.63) is 23.3 Å². The first-order chi connectivity index (χ1) is 11.9. The van der Waals surface area contributed by atoms with E-state index in [1.54, 1.807) is 11.8 Å². The Labute approximate surface area is 160 Å². The maximum absolute atomic E-state index is 10.8. The summed E-state index contributed by atoms with van der Waals surface area (Å²) in [6, 6.07) is 4.06. The fraction of sp³-hybridized carbons (Fsp3) is 0.650. The minimum absolute atomic E-state index is 0.0273. The molecular weight excluding hydrogens is 352 g/mol. The third kappa shape index (κ3) is 5.15. The Balaban J connectivity index is 2.32. The highest BCUT2D eigenvalue weighted by Gasteiger charge is 2.32. The van der Waals surface area contributed by atoms with E-state index in [2.05, 4.69) is 41.5 Å². The molecule has 5 nitrogen and oxygen atoms in total. The smallest absolute Gasteiger partial charge is 0.329 e. The highest BCUT2D eigenvalue weighted by Crippen LogP contribution is 2.43. The average molecular weight is 383 g/mol. The molecule has 0 radical (unpaired) electrons. The standard InChI is InChI=1S/C20H30O5S/c1-19(2,3)13-7-12(8-14(18(13)23)20(4,5)6)26-16-10-24-9-15(16)25-11-17(21)22/h7-8,15-16,23H,9-11H2,1-6H3,(H,21,22). The van der Waals surface area contributed by atoms with Crippen LogP contribution in [0.3, 0.4) is 0 Å². The van der Waals surface area contributed by atoms with Crippen molar-refractivity contribution in [1.82, 2.24) is 0 Å². The van der Waals surface area contributed by atoms with Crippen LogP contribution >= 0.6 is 11.8 Å². The van der Waals surface area contributed by atoms with E-state index in [0.29, 0.717) is 19.0 Å². The zero-order valence-corrected chi connectivity index (χ0v) is 17.3. The van der Waals surface area contributed by atoms with Crippen molar-refractivity contribution in [2.45, 2.75) is 68.6 Å². The SMILES string of the molecule is CC(C)(C)c1cc(SC2COCC2OCC(=O)O)cc(C(C)(C)C)c1O. The van der Waals surface area contributed by atoms with E-state index >= 15 is 0 Å². The summed E-state index contributed by atoms with van der Waals surface area (Å²) >= 11 is 1.63. The van der Waals surface area contributed by atoms with E-state index in [1.165, 1.54) is 0 Å². The number of hydrogen-bond acceptors (Lipinski definition) is 5. The van der Waals surface area contributed by atoms with Gasteiger partial charge >= 0.3 is 5.97 Å². The number of aromatic hydroxyl groups is 1. The summed E-state index contributed by atoms with van der Waals surface area (Å²) in [5.74, 6) is -0.619. The Hall–Kier alpha value is -1.24. The van der Waals surface area contributed by atoms with Crippen molar-refractivity contribution in [2.75, 3.05) is 19.8 Å². The lowest BCUT2D eigenvalue weighted by molar-refractivity contribution is -0.144. The predicted octanol–water partition coefficient (Wildman–Crippen LogP) is 3.95. The van der Waals surface area contributed by atoms with Gasteiger partial charge in [0.05, 0.1) is 24.6 Å². The number of benzene rings is 1. The zero-order chi connectivity index (χ0) is 19.7. The molecule has 0 bridgehead atoms. The van der Waals surface area contributed by atoms with Crippen LogP contribution in [-0.2, 0) is 25.1 Å². The molecule has 1 aliphatic heterocycles. The van der Waals surface area contributed by atoms with Gasteiger partial charge in [0.1, 0.15) is 12.4 Å². The van der Waals surface area contributed by atoms with Crippen LogP contribution < -0.4 is 0 Å². The molecule has 1 heterocycles. The van der Waals surface area contributed by atoms with E-state index in [-0.39, 0.29) is 28.8 Å². The highest BCUT2D eigenvalue weighted by molar-refractivity contribution is 8.00. The van der Waals surface area contributed by atoms with Crippen LogP contribution in [0.15, 0.2) is 17.0 Å². The van der Waals surface area contributed by atoms with Crippen molar-refractivity contribution in [3.8, 4) is 5.75 Å². The van der Waals surface area contributed by atoms with Gasteiger partial charge in [-0.15, -0.1) is 11.8 Å². The molecule has 1 aromatic rings. The van der Waals surface area contributed by atoms with Gasteiger partial charge in [-0.05, 0) is 23.0 Å². The van der Waals surface area contributed by atoms with Gasteiger partial charge in [-0.3, -0.25) is 0 Å². The number of carboxylic acid groups (broad SMARTS) is 1. The number of hydrogen-bond donors (Lipinski definition) is 2. The first-order valence-corrected chi connectivity index (χ1v) is 9.73. The maximum Gasteiger partial charge on any atom is 0.329 e. The Bertz CT molecular complexity index is 622. The molecule has 1 aromatic carbocycles. The minimum Gasteiger partial charge on any atom is -0.507 e. The lowest BCUT2D eigenvalue weighted by Crippen LogP contribution is -2.27. The van der Waals surface area contributed by atoms with Crippen molar-refractivity contribution >= 4 is 17.7 Å². The van der Waals surface area contributed by atoms with Crippen molar-refractivity contribution in [3.63, 3.8) is 0 Å². The second kappa shape index (κ2) is 7.79. The van der Waals surface area contributed by atoms with E-state index in [1.807, 2.05) is 12.1 Å². The number of carbonyl (C=O) groups is 1. The molecule has 0 saturated carbocycles. The largest absolute Gasteiger partial charge is 0.507 e. The van der Waals surface area contributed by atoms with E-state index < -0.39 is 5.97 Å². The van der Waals surface area contributed by atoms with Gasteiger partial charge in [-0.2, -0.15) is 0 Å². The molecule has 26 heavy (non-hydrogen) atoms. The van der Waals surface area contributed by atoms with Crippen molar-refractivity contribution in [2.24, 2.45) is 0 Å². The molecule has 0 aromatic heterocycles. The monoisotopic (exact) mass is 382 g/mol. The number of phenolic OH excluding ortho intramolecular Hbond substituents is 1. The lowest BCUT2D eigenvalue weighted by atomic mass is 9.79. The molecule has 1 aliphatic rings. The van der Waals surface area contributed by atoms with E-state index in [0.717, 1.165) is 16.0 Å². The molecule has 6 heteroatoms. The van der Waals surface area contributed by atoms with Crippen molar-refractivity contribution in [1.29, 1.82) is 0 Å². The Morgan fingerprint density at radius 3 is 2.15 bits per heavy atom. The summed E-state index contributed by atoms with van der Waals surface area (Å²) in [4.78, 5) is 11.8. The Morgan fingerprint density at radius 2 is 1.69 bits per heavy atom. The third-order valence-corrected chi connectivity index (χ3v) is 5.64. The predicted molar refractivity (Wildman–Crippen MR) is 103 cm³/mol. The summed E-state index contributed by atoms with van der Waals surface area (Å²) in [6.07, 6.45) is -0.249. The summed E-state index contributed by atoms with van der Waals surface area (Å²) < 4.78 is 11.0. The van der Waals surface area contributed by atoms with E-state index in [9.17, 15) is 9.90 Å². The maximum atomic E-state index is 10.8. The second-order valence-electron chi connectivity index (χ2n) is 8.80. The summed E-state index contributed by atoms with van der Waals surface area (Å²) in [7, 11) is 0. The van der Waals surface area contributed by atoms with E-state index in [4.69, 9.17) is 14.6 Å². The number of carboxylic acids is 1. The molecule has 1 saturated heterocycles. The van der Waals surface area contributed by atoms with Gasteiger partial charge in [-0.1, -0.05) is 41.5 Å². The summed E-state index contributed by atoms with van der Waals surface area (Å²) in [5, 5.41) is 19.7. The second-order valence-corrected chi connectivity index (χ2v) is 10.1. The zero-order valence-electron chi connectivity index (χ0n) is 16.5. The number of thioether (sulfide) groups is 1. The fourth-order valence-corrected chi connectivity index (χ4v) is 4.15. The molecule has 1 fully saturated rings. The Morgan fingerprint density at radius 1 is 1.15 bits per heavy atom. The quantitative estimate of drug-likeness (QED) is 0.803. The molecule has 2 unspecified atom stereocenters. The lowest BCUT2D eigenvalue weighted by Gasteiger charge is -2.28. The molecule has 2 rings (SSSR count). The fourth-order valence-electron chi connectivity index (χ4n) is 2.95. The van der Waals surface area contributed by atoms with Gasteiger partial charge in [0.25, 0.3) is 0 Å². The van der Waals surface area contributed by atoms with Gasteiger partial charge in [0.15, 0.2) is 0 Å². The number of aliphatic carboxylic acids is 1. The molecule has 146 valence electrons. The van der Waals surface area contributed by atoms with Gasteiger partial charge in [0, 0.05) is 16.0 Å². The molecule has 2 atom stereocenters. The molecule has 0 amide bonds.